The summed E-state index contributed by atoms with van der Waals surface area (Å²) in [5, 5.41) is 1.08. The van der Waals surface area contributed by atoms with Gasteiger partial charge in [-0.25, -0.2) is 9.97 Å². The van der Waals surface area contributed by atoms with Crippen LogP contribution in [0.15, 0.2) is 66.6 Å². The first-order valence-electron chi connectivity index (χ1n) is 5.92. The van der Waals surface area contributed by atoms with Gasteiger partial charge in [0.1, 0.15) is 5.03 Å². The van der Waals surface area contributed by atoms with Crippen molar-refractivity contribution < 1.29 is 0 Å². The Morgan fingerprint density at radius 2 is 2.11 bits per heavy atom. The summed E-state index contributed by atoms with van der Waals surface area (Å²) in [5.41, 5.74) is 1.34. The summed E-state index contributed by atoms with van der Waals surface area (Å²) < 4.78 is 1.97. The van der Waals surface area contributed by atoms with Crippen LogP contribution >= 0.6 is 11.8 Å². The van der Waals surface area contributed by atoms with Gasteiger partial charge in [-0.2, -0.15) is 0 Å². The maximum absolute atomic E-state index is 4.26. The number of nitrogens with zero attached hydrogens (tertiary/aromatic N) is 3. The number of hydrogen-bond donors (Lipinski definition) is 1. The molecule has 0 fully saturated rings. The minimum Gasteiger partial charge on any atom is -0.351 e. The van der Waals surface area contributed by atoms with Gasteiger partial charge in [0, 0.05) is 31.4 Å². The number of hydrogen-bond acceptors (Lipinski definition) is 3. The van der Waals surface area contributed by atoms with E-state index in [-0.39, 0.29) is 0 Å². The van der Waals surface area contributed by atoms with E-state index < -0.39 is 0 Å². The minimum atomic E-state index is 0.984. The van der Waals surface area contributed by atoms with Crippen LogP contribution in [0.2, 0.25) is 0 Å². The van der Waals surface area contributed by atoms with Gasteiger partial charge in [0.15, 0.2) is 0 Å². The topological polar surface area (TPSA) is 46.5 Å². The molecular weight excluding hydrogens is 256 g/mol. The van der Waals surface area contributed by atoms with Crippen molar-refractivity contribution in [3.63, 3.8) is 0 Å². The molecule has 0 unspecified atom stereocenters. The van der Waals surface area contributed by atoms with Crippen molar-refractivity contribution in [2.24, 2.45) is 7.05 Å². The Bertz CT molecular complexity index is 543. The van der Waals surface area contributed by atoms with Crippen LogP contribution in [0.5, 0.6) is 0 Å². The van der Waals surface area contributed by atoms with Crippen LogP contribution < -0.4 is 0 Å². The number of thioether (sulfide) groups is 1. The third-order valence-corrected chi connectivity index (χ3v) is 3.30. The number of aryl methyl sites for hydroxylation is 1. The largest absolute Gasteiger partial charge is 0.351 e. The van der Waals surface area contributed by atoms with Crippen LogP contribution in [0.3, 0.4) is 0 Å². The molecule has 0 spiro atoms. The molecule has 0 amide bonds. The summed E-state index contributed by atoms with van der Waals surface area (Å²) in [6, 6.07) is 10.4. The van der Waals surface area contributed by atoms with Crippen molar-refractivity contribution in [1.82, 2.24) is 19.5 Å². The monoisotopic (exact) mass is 272 g/mol. The minimum absolute atomic E-state index is 0.984. The van der Waals surface area contributed by atoms with Crippen molar-refractivity contribution in [3.8, 4) is 0 Å². The molecule has 1 N–H and O–H groups in total. The Kier molecular flexibility index (Phi) is 5.25. The molecule has 19 heavy (non-hydrogen) atoms. The first-order valence-corrected chi connectivity index (χ1v) is 6.90. The lowest BCUT2D eigenvalue weighted by atomic mass is 10.2. The molecule has 2 heterocycles. The van der Waals surface area contributed by atoms with Crippen molar-refractivity contribution in [2.45, 2.75) is 10.8 Å². The van der Waals surface area contributed by atoms with E-state index in [1.165, 1.54) is 5.56 Å². The highest BCUT2D eigenvalue weighted by atomic mass is 32.2. The van der Waals surface area contributed by atoms with Gasteiger partial charge in [-0.15, -0.1) is 11.8 Å². The van der Waals surface area contributed by atoms with Gasteiger partial charge in [0.2, 0.25) is 0 Å². The molecule has 3 aromatic rings. The van der Waals surface area contributed by atoms with E-state index in [9.17, 15) is 0 Å². The molecule has 0 bridgehead atoms. The number of nitrogens with one attached hydrogen (secondary N) is 1. The second kappa shape index (κ2) is 7.43. The third kappa shape index (κ3) is 5.01. The Labute approximate surface area is 116 Å². The van der Waals surface area contributed by atoms with E-state index >= 15 is 0 Å². The summed E-state index contributed by atoms with van der Waals surface area (Å²) in [7, 11) is 1.99. The van der Waals surface area contributed by atoms with Crippen LogP contribution in [-0.4, -0.2) is 19.5 Å². The predicted molar refractivity (Wildman–Crippen MR) is 77.8 cm³/mol. The highest BCUT2D eigenvalue weighted by Gasteiger charge is 1.97. The van der Waals surface area contributed by atoms with E-state index in [2.05, 4.69) is 39.2 Å². The molecule has 0 aliphatic heterocycles. The van der Waals surface area contributed by atoms with E-state index in [1.807, 2.05) is 30.2 Å². The SMILES string of the molecule is Cn1cnc(SCc2ccccc2)c1.c1c[nH]cn1. The van der Waals surface area contributed by atoms with E-state index in [0.29, 0.717) is 0 Å². The van der Waals surface area contributed by atoms with Crippen molar-refractivity contribution in [1.29, 1.82) is 0 Å². The zero-order valence-electron chi connectivity index (χ0n) is 10.7. The first kappa shape index (κ1) is 13.4. The first-order chi connectivity index (χ1) is 9.34. The molecule has 0 aliphatic carbocycles. The van der Waals surface area contributed by atoms with Gasteiger partial charge in [-0.1, -0.05) is 30.3 Å². The van der Waals surface area contributed by atoms with Crippen LogP contribution in [0.4, 0.5) is 0 Å². The molecule has 3 rings (SSSR count). The third-order valence-electron chi connectivity index (χ3n) is 2.32. The number of aromatic amines is 1. The van der Waals surface area contributed by atoms with Gasteiger partial charge in [-0.05, 0) is 5.56 Å². The molecule has 2 aromatic heterocycles. The normalized spacial score (nSPS) is 9.74. The van der Waals surface area contributed by atoms with Crippen molar-refractivity contribution in [2.75, 3.05) is 0 Å². The zero-order valence-corrected chi connectivity index (χ0v) is 11.5. The summed E-state index contributed by atoms with van der Waals surface area (Å²) >= 11 is 1.76. The second-order valence-corrected chi connectivity index (χ2v) is 4.91. The maximum atomic E-state index is 4.26. The van der Waals surface area contributed by atoms with Crippen molar-refractivity contribution in [3.05, 3.63) is 67.1 Å². The summed E-state index contributed by atoms with van der Waals surface area (Å²) in [5.74, 6) is 0.984. The Morgan fingerprint density at radius 1 is 1.26 bits per heavy atom. The lowest BCUT2D eigenvalue weighted by molar-refractivity contribution is 0.912. The quantitative estimate of drug-likeness (QED) is 0.745. The molecule has 0 aliphatic rings. The van der Waals surface area contributed by atoms with Crippen LogP contribution in [0.1, 0.15) is 5.56 Å². The summed E-state index contributed by atoms with van der Waals surface area (Å²) in [4.78, 5) is 10.7. The van der Waals surface area contributed by atoms with Gasteiger partial charge in [0.05, 0.1) is 12.7 Å². The molecule has 5 heteroatoms. The van der Waals surface area contributed by atoms with Gasteiger partial charge < -0.3 is 9.55 Å². The molecular formula is C14H16N4S. The fourth-order valence-corrected chi connectivity index (χ4v) is 2.28. The predicted octanol–water partition coefficient (Wildman–Crippen LogP) is 3.12. The average molecular weight is 272 g/mol. The number of H-pyrrole nitrogens is 1. The summed E-state index contributed by atoms with van der Waals surface area (Å²) in [6.07, 6.45) is 8.95. The molecule has 4 nitrogen and oxygen atoms in total. The van der Waals surface area contributed by atoms with Gasteiger partial charge in [-0.3, -0.25) is 0 Å². The fraction of sp³-hybridized carbons (Fsp3) is 0.143. The lowest BCUT2D eigenvalue weighted by Crippen LogP contribution is -1.79. The highest BCUT2D eigenvalue weighted by Crippen LogP contribution is 2.19. The van der Waals surface area contributed by atoms with Gasteiger partial charge >= 0.3 is 0 Å². The number of imidazole rings is 2. The lowest BCUT2D eigenvalue weighted by Gasteiger charge is -1.97. The molecule has 0 saturated carbocycles. The second-order valence-electron chi connectivity index (χ2n) is 3.91. The smallest absolute Gasteiger partial charge is 0.114 e. The average Bonchev–Trinajstić information content (AvgIpc) is 3.12. The van der Waals surface area contributed by atoms with Crippen LogP contribution in [0.25, 0.3) is 0 Å². The Morgan fingerprint density at radius 3 is 2.63 bits per heavy atom. The molecule has 0 radical (unpaired) electrons. The zero-order chi connectivity index (χ0) is 13.3. The molecule has 1 aromatic carbocycles. The summed E-state index contributed by atoms with van der Waals surface area (Å²) in [6.45, 7) is 0. The van der Waals surface area contributed by atoms with Crippen LogP contribution in [-0.2, 0) is 12.8 Å². The number of aromatic nitrogens is 4. The highest BCUT2D eigenvalue weighted by molar-refractivity contribution is 7.98. The van der Waals surface area contributed by atoms with Crippen LogP contribution in [0, 0.1) is 0 Å². The van der Waals surface area contributed by atoms with Gasteiger partial charge in [0.25, 0.3) is 0 Å². The molecule has 98 valence electrons. The van der Waals surface area contributed by atoms with E-state index in [1.54, 1.807) is 30.5 Å². The number of benzene rings is 1. The van der Waals surface area contributed by atoms with E-state index in [0.717, 1.165) is 10.8 Å². The maximum Gasteiger partial charge on any atom is 0.114 e. The van der Waals surface area contributed by atoms with E-state index in [4.69, 9.17) is 0 Å². The Balaban J connectivity index is 0.000000224. The standard InChI is InChI=1S/C11H12N2S.C3H4N2/c1-13-7-11(12-9-13)14-8-10-5-3-2-4-6-10;1-2-5-3-4-1/h2-7,9H,8H2,1H3;1-3H,(H,4,5). The van der Waals surface area contributed by atoms with Crippen molar-refractivity contribution >= 4 is 11.8 Å². The number of rotatable bonds is 3. The molecule has 0 saturated heterocycles. The Hall–Kier alpha value is -2.01. The fourth-order valence-electron chi connectivity index (χ4n) is 1.41. The molecule has 0 atom stereocenters.